The molecule has 1 atom stereocenters. The number of azide groups is 1. The van der Waals surface area contributed by atoms with Gasteiger partial charge in [0.05, 0.1) is 17.4 Å². The number of alkyl carbamates (subject to hydrolysis) is 1. The summed E-state index contributed by atoms with van der Waals surface area (Å²) in [6.45, 7) is 4.41. The lowest BCUT2D eigenvalue weighted by molar-refractivity contribution is -0.123. The lowest BCUT2D eigenvalue weighted by Gasteiger charge is -2.20. The van der Waals surface area contributed by atoms with E-state index in [1.807, 2.05) is 43.3 Å². The number of halogens is 2. The number of azo groups is 1. The zero-order chi connectivity index (χ0) is 42.2. The van der Waals surface area contributed by atoms with Crippen LogP contribution in [0.15, 0.2) is 100 Å². The molecule has 4 rings (SSSR count). The van der Waals surface area contributed by atoms with E-state index in [4.69, 9.17) is 15.0 Å². The number of Topliss-reactive ketones (excluding diaryl/α,β-unsaturated/α-hetero) is 1. The second-order valence-electron chi connectivity index (χ2n) is 14.2. The number of amides is 3. The Kier molecular flexibility index (Phi) is 15.8. The molecule has 4 aromatic carbocycles. The molecule has 0 bridgehead atoms. The van der Waals surface area contributed by atoms with Gasteiger partial charge in [0.2, 0.25) is 0 Å². The van der Waals surface area contributed by atoms with Crippen molar-refractivity contribution < 1.29 is 37.4 Å². The molecule has 3 N–H and O–H groups in total. The highest BCUT2D eigenvalue weighted by molar-refractivity contribution is 5.98. The maximum atomic E-state index is 15.1. The lowest BCUT2D eigenvalue weighted by Crippen LogP contribution is -2.43. The smallest absolute Gasteiger partial charge is 0.407 e. The Morgan fingerprint density at radius 3 is 2.05 bits per heavy atom. The van der Waals surface area contributed by atoms with Gasteiger partial charge in [0, 0.05) is 54.6 Å². The van der Waals surface area contributed by atoms with Crippen molar-refractivity contribution in [1.82, 2.24) is 16.0 Å². The summed E-state index contributed by atoms with van der Waals surface area (Å²) in [5.41, 5.74) is 10.9. The number of hydrogen-bond donors (Lipinski definition) is 3. The quantitative estimate of drug-likeness (QED) is 0.0387. The molecular weight excluding hydrogens is 753 g/mol. The van der Waals surface area contributed by atoms with Gasteiger partial charge >= 0.3 is 6.09 Å². The second-order valence-corrected chi connectivity index (χ2v) is 14.2. The van der Waals surface area contributed by atoms with Crippen molar-refractivity contribution in [1.29, 1.82) is 0 Å². The molecule has 0 spiro atoms. The van der Waals surface area contributed by atoms with Crippen LogP contribution in [0.3, 0.4) is 0 Å². The molecule has 0 saturated carbocycles. The van der Waals surface area contributed by atoms with Gasteiger partial charge in [-0.15, -0.1) is 0 Å². The Morgan fingerprint density at radius 2 is 1.45 bits per heavy atom. The van der Waals surface area contributed by atoms with Gasteiger partial charge in [-0.1, -0.05) is 17.2 Å². The molecule has 0 unspecified atom stereocenters. The number of unbranched alkanes of at least 4 members (excludes halogenated alkanes) is 1. The van der Waals surface area contributed by atoms with Crippen LogP contribution in [0, 0.1) is 11.6 Å². The third-order valence-corrected chi connectivity index (χ3v) is 8.20. The van der Waals surface area contributed by atoms with Crippen LogP contribution < -0.4 is 25.6 Å². The lowest BCUT2D eigenvalue weighted by atomic mass is 10.0. The second kappa shape index (κ2) is 20.9. The van der Waals surface area contributed by atoms with E-state index in [9.17, 15) is 19.2 Å². The number of ketones is 1. The van der Waals surface area contributed by atoms with Gasteiger partial charge in [-0.3, -0.25) is 14.4 Å². The summed E-state index contributed by atoms with van der Waals surface area (Å²) >= 11 is 0. The molecule has 4 aromatic rings. The van der Waals surface area contributed by atoms with Crippen molar-refractivity contribution in [3.8, 4) is 5.75 Å². The fourth-order valence-electron chi connectivity index (χ4n) is 5.29. The van der Waals surface area contributed by atoms with Gasteiger partial charge < -0.3 is 30.3 Å². The van der Waals surface area contributed by atoms with E-state index >= 15 is 8.78 Å². The van der Waals surface area contributed by atoms with Crippen LogP contribution in [0.5, 0.6) is 5.75 Å². The van der Waals surface area contributed by atoms with Crippen molar-refractivity contribution >= 4 is 46.4 Å². The summed E-state index contributed by atoms with van der Waals surface area (Å²) in [6, 6.07) is 20.4. The zero-order valence-corrected chi connectivity index (χ0v) is 32.8. The number of benzene rings is 4. The zero-order valence-electron chi connectivity index (χ0n) is 32.8. The van der Waals surface area contributed by atoms with Crippen LogP contribution in [0.25, 0.3) is 10.4 Å². The first-order chi connectivity index (χ1) is 27.6. The van der Waals surface area contributed by atoms with Gasteiger partial charge in [0.25, 0.3) is 11.8 Å². The minimum atomic E-state index is -1.14. The van der Waals surface area contributed by atoms with E-state index in [1.165, 1.54) is 24.3 Å². The summed E-state index contributed by atoms with van der Waals surface area (Å²) in [7, 11) is 3.87. The third kappa shape index (κ3) is 14.0. The van der Waals surface area contributed by atoms with Crippen LogP contribution >= 0.6 is 0 Å². The normalized spacial score (nSPS) is 11.6. The Labute approximate surface area is 334 Å². The summed E-state index contributed by atoms with van der Waals surface area (Å²) in [6.07, 6.45) is 0.266. The Hall–Kier alpha value is -6.87. The maximum Gasteiger partial charge on any atom is 0.407 e. The molecule has 15 nitrogen and oxygen atoms in total. The largest absolute Gasteiger partial charge is 0.480 e. The highest BCUT2D eigenvalue weighted by Crippen LogP contribution is 2.25. The average molecular weight is 798 g/mol. The molecule has 0 fully saturated rings. The molecule has 0 aliphatic rings. The highest BCUT2D eigenvalue weighted by Gasteiger charge is 2.24. The number of rotatable bonds is 18. The molecule has 3 amide bonds. The minimum Gasteiger partial charge on any atom is -0.480 e. The Bertz CT molecular complexity index is 2130. The molecule has 0 heterocycles. The molecule has 58 heavy (non-hydrogen) atoms. The van der Waals surface area contributed by atoms with Crippen LogP contribution in [0.2, 0.25) is 0 Å². The average Bonchev–Trinajstić information content (AvgIpc) is 3.18. The van der Waals surface area contributed by atoms with E-state index in [0.29, 0.717) is 24.2 Å². The first-order valence-corrected chi connectivity index (χ1v) is 18.3. The van der Waals surface area contributed by atoms with E-state index in [-0.39, 0.29) is 41.9 Å². The SMILES string of the molecule is CN(C)c1ccc(/N=N/c2ccc(C(=O)NCc3cc(F)c(OCC(=O)[C@H](CCCCNC(=O)OC(C)(C)C)NC(=O)c4cccc(N=[N+]=[N-])c4)c(F)c3)cc2)cc1. The first-order valence-electron chi connectivity index (χ1n) is 18.3. The van der Waals surface area contributed by atoms with Crippen molar-refractivity contribution in [2.75, 3.05) is 32.1 Å². The van der Waals surface area contributed by atoms with Gasteiger partial charge in [-0.25, -0.2) is 13.6 Å². The number of hydrogen-bond acceptors (Lipinski definition) is 10. The van der Waals surface area contributed by atoms with Crippen LogP contribution in [-0.4, -0.2) is 62.6 Å². The maximum absolute atomic E-state index is 15.1. The van der Waals surface area contributed by atoms with Crippen LogP contribution in [0.4, 0.5) is 36.3 Å². The van der Waals surface area contributed by atoms with E-state index < -0.39 is 59.3 Å². The molecular formula is C41H45F2N9O6. The van der Waals surface area contributed by atoms with Crippen molar-refractivity contribution in [2.24, 2.45) is 15.3 Å². The van der Waals surface area contributed by atoms with Crippen molar-refractivity contribution in [2.45, 2.75) is 58.2 Å². The van der Waals surface area contributed by atoms with Crippen molar-refractivity contribution in [3.05, 3.63) is 124 Å². The van der Waals surface area contributed by atoms with Gasteiger partial charge in [0.1, 0.15) is 12.2 Å². The third-order valence-electron chi connectivity index (χ3n) is 8.20. The van der Waals surface area contributed by atoms with E-state index in [1.54, 1.807) is 45.0 Å². The predicted octanol–water partition coefficient (Wildman–Crippen LogP) is 8.76. The summed E-state index contributed by atoms with van der Waals surface area (Å²) in [4.78, 5) is 55.9. The van der Waals surface area contributed by atoms with Gasteiger partial charge in [-0.05, 0) is 124 Å². The minimum absolute atomic E-state index is 0.0980. The fourth-order valence-corrected chi connectivity index (χ4v) is 5.29. The standard InChI is InChI=1S/C41H45F2N9O6/c1-41(2,3)58-40(56)45-20-7-6-11-35(47-39(55)28-9-8-10-31(23-28)50-51-44)36(53)25-57-37-33(42)21-26(22-34(37)43)24-46-38(54)27-12-14-29(15-13-27)48-49-30-16-18-32(19-17-30)52(4)5/h8-10,12-19,21-23,35H,6-7,11,20,24-25H2,1-5H3,(H,45,56)(H,46,54)(H,47,55)/b49-48+/t35-/m0/s1. The monoisotopic (exact) mass is 797 g/mol. The van der Waals surface area contributed by atoms with E-state index in [0.717, 1.165) is 17.8 Å². The number of ether oxygens (including phenoxy) is 2. The number of anilines is 1. The number of carbonyl (C=O) groups excluding carboxylic acids is 4. The number of carbonyl (C=O) groups is 4. The molecule has 0 aliphatic heterocycles. The molecule has 304 valence electrons. The molecule has 0 aliphatic carbocycles. The molecule has 17 heteroatoms. The molecule has 0 aromatic heterocycles. The Balaban J connectivity index is 1.34. The highest BCUT2D eigenvalue weighted by atomic mass is 19.1. The first kappa shape index (κ1) is 43.9. The Morgan fingerprint density at radius 1 is 0.810 bits per heavy atom. The van der Waals surface area contributed by atoms with Crippen LogP contribution in [-0.2, 0) is 16.1 Å². The fraction of sp³-hybridized carbons (Fsp3) is 0.317. The van der Waals surface area contributed by atoms with Gasteiger partial charge in [0.15, 0.2) is 23.2 Å². The predicted molar refractivity (Wildman–Crippen MR) is 214 cm³/mol. The molecule has 0 saturated heterocycles. The number of nitrogens with zero attached hydrogens (tertiary/aromatic N) is 6. The molecule has 0 radical (unpaired) electrons. The van der Waals surface area contributed by atoms with E-state index in [2.05, 4.69) is 36.2 Å². The topological polar surface area (TPSA) is 200 Å². The summed E-state index contributed by atoms with van der Waals surface area (Å²) in [5, 5.41) is 19.7. The summed E-state index contributed by atoms with van der Waals surface area (Å²) < 4.78 is 40.8. The summed E-state index contributed by atoms with van der Waals surface area (Å²) in [5.74, 6) is -4.85. The van der Waals surface area contributed by atoms with Gasteiger partial charge in [-0.2, -0.15) is 10.2 Å². The number of nitrogens with one attached hydrogen (secondary N) is 3. The van der Waals surface area contributed by atoms with Crippen LogP contribution in [0.1, 0.15) is 66.3 Å². The van der Waals surface area contributed by atoms with Crippen molar-refractivity contribution in [3.63, 3.8) is 0 Å².